The minimum absolute atomic E-state index is 0.0728. The number of nitrogens with zero attached hydrogens (tertiary/aromatic N) is 4. The first-order chi connectivity index (χ1) is 12.8. The van der Waals surface area contributed by atoms with Crippen LogP contribution in [-0.4, -0.2) is 26.0 Å². The molecule has 0 bridgehead atoms. The van der Waals surface area contributed by atoms with Crippen LogP contribution in [0.3, 0.4) is 0 Å². The Hall–Kier alpha value is -3.59. The van der Waals surface area contributed by atoms with Gasteiger partial charge in [0, 0.05) is 28.9 Å². The molecule has 0 unspecified atom stereocenters. The second kappa shape index (κ2) is 7.11. The van der Waals surface area contributed by atoms with Gasteiger partial charge in [0.1, 0.15) is 10.7 Å². The van der Waals surface area contributed by atoms with E-state index in [2.05, 4.69) is 31.0 Å². The highest BCUT2D eigenvalue weighted by molar-refractivity contribution is 7.13. The van der Waals surface area contributed by atoms with Crippen molar-refractivity contribution in [2.45, 2.75) is 0 Å². The van der Waals surface area contributed by atoms with E-state index in [-0.39, 0.29) is 6.01 Å². The molecule has 0 saturated carbocycles. The summed E-state index contributed by atoms with van der Waals surface area (Å²) in [7, 11) is 0. The number of amides is 1. The molecule has 128 valence electrons. The summed E-state index contributed by atoms with van der Waals surface area (Å²) >= 11 is 1.40. The van der Waals surface area contributed by atoms with Crippen molar-refractivity contribution in [3.8, 4) is 22.0 Å². The zero-order chi connectivity index (χ0) is 17.8. The maximum absolute atomic E-state index is 12.2. The lowest BCUT2D eigenvalue weighted by Gasteiger charge is -2.01. The highest BCUT2D eigenvalue weighted by Gasteiger charge is 2.13. The molecule has 0 radical (unpaired) electrons. The summed E-state index contributed by atoms with van der Waals surface area (Å²) in [6, 6.07) is 13.3. The maximum Gasteiger partial charge on any atom is 0.340 e. The Morgan fingerprint density at radius 2 is 1.81 bits per heavy atom. The summed E-state index contributed by atoms with van der Waals surface area (Å²) in [4.78, 5) is 24.6. The van der Waals surface area contributed by atoms with Gasteiger partial charge in [0.2, 0.25) is 5.82 Å². The first kappa shape index (κ1) is 15.9. The molecular weight excluding hydrogens is 352 g/mol. The van der Waals surface area contributed by atoms with E-state index in [0.717, 1.165) is 16.1 Å². The number of nitrogens with one attached hydrogen (secondary N) is 2. The molecule has 0 aliphatic heterocycles. The zero-order valence-electron chi connectivity index (χ0n) is 13.3. The number of rotatable bonds is 5. The average molecular weight is 364 g/mol. The van der Waals surface area contributed by atoms with Crippen molar-refractivity contribution in [2.24, 2.45) is 0 Å². The lowest BCUT2D eigenvalue weighted by atomic mass is 10.2. The molecule has 1 aromatic carbocycles. The van der Waals surface area contributed by atoms with Gasteiger partial charge in [0.25, 0.3) is 5.91 Å². The number of benzene rings is 1. The van der Waals surface area contributed by atoms with Gasteiger partial charge in [0.15, 0.2) is 0 Å². The summed E-state index contributed by atoms with van der Waals surface area (Å²) in [5.41, 5.74) is 7.10. The van der Waals surface area contributed by atoms with E-state index in [9.17, 15) is 4.79 Å². The molecule has 0 aliphatic rings. The summed E-state index contributed by atoms with van der Waals surface area (Å²) in [6.07, 6.45) is 3.26. The van der Waals surface area contributed by atoms with E-state index in [1.165, 1.54) is 11.3 Å². The van der Waals surface area contributed by atoms with Crippen molar-refractivity contribution < 1.29 is 9.32 Å². The van der Waals surface area contributed by atoms with Crippen LogP contribution in [0.5, 0.6) is 0 Å². The normalized spacial score (nSPS) is 10.5. The molecule has 3 heterocycles. The van der Waals surface area contributed by atoms with Crippen molar-refractivity contribution in [1.29, 1.82) is 0 Å². The molecule has 8 nitrogen and oxygen atoms in total. The third kappa shape index (κ3) is 3.42. The molecule has 0 fully saturated rings. The second-order valence-corrected chi connectivity index (χ2v) is 6.00. The largest absolute Gasteiger partial charge is 0.340 e. The topological polar surface area (TPSA) is 106 Å². The standard InChI is InChI=1S/C17H12N6O2S/c24-15(13-10-26-16(19-13)12-4-2-1-3-5-12)21-22-17-20-14(23-25-17)11-6-8-18-9-7-11/h1-10H,(H,21,24)(H,20,22,23). The van der Waals surface area contributed by atoms with Crippen LogP contribution in [0.1, 0.15) is 10.5 Å². The van der Waals surface area contributed by atoms with Gasteiger partial charge in [-0.05, 0) is 12.1 Å². The fraction of sp³-hybridized carbons (Fsp3) is 0. The van der Waals surface area contributed by atoms with Gasteiger partial charge in [-0.25, -0.2) is 10.4 Å². The van der Waals surface area contributed by atoms with E-state index < -0.39 is 5.91 Å². The van der Waals surface area contributed by atoms with Gasteiger partial charge in [-0.1, -0.05) is 35.5 Å². The molecule has 2 N–H and O–H groups in total. The fourth-order valence-electron chi connectivity index (χ4n) is 2.16. The lowest BCUT2D eigenvalue weighted by molar-refractivity contribution is 0.0957. The first-order valence-electron chi connectivity index (χ1n) is 7.61. The summed E-state index contributed by atoms with van der Waals surface area (Å²) < 4.78 is 5.05. The SMILES string of the molecule is O=C(NNc1nc(-c2ccncc2)no1)c1csc(-c2ccccc2)n1. The van der Waals surface area contributed by atoms with Gasteiger partial charge in [0.05, 0.1) is 0 Å². The van der Waals surface area contributed by atoms with E-state index in [1.54, 1.807) is 29.9 Å². The monoisotopic (exact) mass is 364 g/mol. The first-order valence-corrected chi connectivity index (χ1v) is 8.49. The summed E-state index contributed by atoms with van der Waals surface area (Å²) in [5.74, 6) is -0.00346. The van der Waals surface area contributed by atoms with Gasteiger partial charge in [-0.3, -0.25) is 15.2 Å². The van der Waals surface area contributed by atoms with Gasteiger partial charge < -0.3 is 4.52 Å². The van der Waals surface area contributed by atoms with Crippen LogP contribution in [0.15, 0.2) is 64.8 Å². The Kier molecular flexibility index (Phi) is 4.35. The van der Waals surface area contributed by atoms with Crippen molar-refractivity contribution in [3.63, 3.8) is 0 Å². The molecule has 9 heteroatoms. The number of carbonyl (C=O) groups is 1. The fourth-order valence-corrected chi connectivity index (χ4v) is 2.96. The number of aromatic nitrogens is 4. The Labute approximate surface area is 151 Å². The molecule has 0 aliphatic carbocycles. The highest BCUT2D eigenvalue weighted by atomic mass is 32.1. The van der Waals surface area contributed by atoms with Crippen molar-refractivity contribution >= 4 is 23.3 Å². The average Bonchev–Trinajstić information content (AvgIpc) is 3.37. The number of thiazole rings is 1. The lowest BCUT2D eigenvalue weighted by Crippen LogP contribution is -2.29. The molecule has 1 amide bonds. The molecule has 0 spiro atoms. The molecule has 26 heavy (non-hydrogen) atoms. The number of anilines is 1. The van der Waals surface area contributed by atoms with Crippen LogP contribution in [-0.2, 0) is 0 Å². The second-order valence-electron chi connectivity index (χ2n) is 5.14. The highest BCUT2D eigenvalue weighted by Crippen LogP contribution is 2.23. The van der Waals surface area contributed by atoms with Crippen molar-refractivity contribution in [3.05, 3.63) is 65.9 Å². The maximum atomic E-state index is 12.2. The number of hydrogen-bond donors (Lipinski definition) is 2. The predicted molar refractivity (Wildman–Crippen MR) is 96.2 cm³/mol. The minimum atomic E-state index is -0.396. The van der Waals surface area contributed by atoms with Crippen LogP contribution in [0, 0.1) is 0 Å². The quantitative estimate of drug-likeness (QED) is 0.524. The van der Waals surface area contributed by atoms with E-state index in [1.807, 2.05) is 30.3 Å². The summed E-state index contributed by atoms with van der Waals surface area (Å²) in [6.45, 7) is 0. The van der Waals surface area contributed by atoms with E-state index in [0.29, 0.717) is 11.5 Å². The Bertz CT molecular complexity index is 1020. The summed E-state index contributed by atoms with van der Waals surface area (Å²) in [5, 5.41) is 6.30. The van der Waals surface area contributed by atoms with E-state index in [4.69, 9.17) is 4.52 Å². The Balaban J connectivity index is 1.40. The zero-order valence-corrected chi connectivity index (χ0v) is 14.1. The molecule has 4 rings (SSSR count). The molecule has 3 aromatic heterocycles. The number of hydrogen-bond acceptors (Lipinski definition) is 8. The van der Waals surface area contributed by atoms with Crippen LogP contribution in [0.2, 0.25) is 0 Å². The number of hydrazine groups is 1. The molecule has 0 saturated heterocycles. The Morgan fingerprint density at radius 3 is 2.62 bits per heavy atom. The van der Waals surface area contributed by atoms with Crippen molar-refractivity contribution in [2.75, 3.05) is 5.43 Å². The third-order valence-corrected chi connectivity index (χ3v) is 4.30. The van der Waals surface area contributed by atoms with Gasteiger partial charge in [-0.15, -0.1) is 11.3 Å². The molecular formula is C17H12N6O2S. The van der Waals surface area contributed by atoms with Gasteiger partial charge >= 0.3 is 6.01 Å². The number of pyridine rings is 1. The van der Waals surface area contributed by atoms with Gasteiger partial charge in [-0.2, -0.15) is 4.98 Å². The molecule has 4 aromatic rings. The molecule has 0 atom stereocenters. The van der Waals surface area contributed by atoms with Crippen LogP contribution in [0.4, 0.5) is 6.01 Å². The number of carbonyl (C=O) groups excluding carboxylic acids is 1. The van der Waals surface area contributed by atoms with Crippen LogP contribution < -0.4 is 10.9 Å². The van der Waals surface area contributed by atoms with Crippen LogP contribution >= 0.6 is 11.3 Å². The van der Waals surface area contributed by atoms with Crippen LogP contribution in [0.25, 0.3) is 22.0 Å². The minimum Gasteiger partial charge on any atom is -0.313 e. The predicted octanol–water partition coefficient (Wildman–Crippen LogP) is 3.01. The smallest absolute Gasteiger partial charge is 0.313 e. The van der Waals surface area contributed by atoms with Crippen molar-refractivity contribution in [1.82, 2.24) is 25.5 Å². The third-order valence-electron chi connectivity index (χ3n) is 3.41. The van der Waals surface area contributed by atoms with E-state index >= 15 is 0 Å². The Morgan fingerprint density at radius 1 is 1.00 bits per heavy atom.